The van der Waals surface area contributed by atoms with E-state index in [1.54, 1.807) is 0 Å². The summed E-state index contributed by atoms with van der Waals surface area (Å²) >= 11 is 0. The minimum absolute atomic E-state index is 0.0288. The maximum atomic E-state index is 12.7. The largest absolute Gasteiger partial charge is 0.423 e. The van der Waals surface area contributed by atoms with Gasteiger partial charge in [0.15, 0.2) is 0 Å². The van der Waals surface area contributed by atoms with Crippen LogP contribution in [0.15, 0.2) is 4.42 Å². The highest BCUT2D eigenvalue weighted by molar-refractivity contribution is 7.80. The molecule has 1 aliphatic carbocycles. The van der Waals surface area contributed by atoms with Crippen LogP contribution in [-0.4, -0.2) is 65.3 Å². The van der Waals surface area contributed by atoms with Crippen molar-refractivity contribution >= 4 is 16.4 Å². The summed E-state index contributed by atoms with van der Waals surface area (Å²) in [6, 6.07) is -1.47. The van der Waals surface area contributed by atoms with Crippen LogP contribution < -0.4 is 5.32 Å². The van der Waals surface area contributed by atoms with E-state index in [0.717, 1.165) is 17.9 Å². The minimum Gasteiger partial charge on any atom is -0.423 e. The van der Waals surface area contributed by atoms with Gasteiger partial charge in [-0.05, 0) is 31.7 Å². The van der Waals surface area contributed by atoms with Gasteiger partial charge in [-0.15, -0.1) is 14.5 Å². The molecule has 3 heterocycles. The van der Waals surface area contributed by atoms with Gasteiger partial charge in [-0.1, -0.05) is 6.92 Å². The lowest BCUT2D eigenvalue weighted by atomic mass is 9.85. The number of carbonyl (C=O) groups excluding carboxylic acids is 1. The molecule has 144 valence electrons. The van der Waals surface area contributed by atoms with Crippen molar-refractivity contribution in [1.29, 1.82) is 0 Å². The van der Waals surface area contributed by atoms with E-state index < -0.39 is 28.5 Å². The van der Waals surface area contributed by atoms with Gasteiger partial charge in [-0.25, -0.2) is 4.79 Å². The summed E-state index contributed by atoms with van der Waals surface area (Å²) in [4.78, 5) is 14.1. The Hall–Kier alpha value is -1.76. The molecule has 12 heteroatoms. The highest BCUT2D eigenvalue weighted by Gasteiger charge is 2.64. The number of aromatic nitrogens is 2. The smallest absolute Gasteiger partial charge is 0.418 e. The molecule has 2 aliphatic heterocycles. The Kier molecular flexibility index (Phi) is 3.99. The van der Waals surface area contributed by atoms with Gasteiger partial charge in [0.05, 0.1) is 6.04 Å². The van der Waals surface area contributed by atoms with Crippen molar-refractivity contribution in [2.24, 2.45) is 5.41 Å². The molecule has 26 heavy (non-hydrogen) atoms. The van der Waals surface area contributed by atoms with E-state index >= 15 is 0 Å². The van der Waals surface area contributed by atoms with E-state index in [-0.39, 0.29) is 11.3 Å². The van der Waals surface area contributed by atoms with Gasteiger partial charge < -0.3 is 14.6 Å². The van der Waals surface area contributed by atoms with Gasteiger partial charge in [-0.2, -0.15) is 13.5 Å². The Morgan fingerprint density at radius 2 is 2.19 bits per heavy atom. The monoisotopic (exact) mass is 387 g/mol. The lowest BCUT2D eigenvalue weighted by molar-refractivity contribution is -0.0530. The summed E-state index contributed by atoms with van der Waals surface area (Å²) in [6.45, 7) is 2.93. The third kappa shape index (κ3) is 2.86. The predicted octanol–water partition coefficient (Wildman–Crippen LogP) is 0.458. The lowest BCUT2D eigenvalue weighted by Gasteiger charge is -2.34. The van der Waals surface area contributed by atoms with E-state index in [9.17, 15) is 13.2 Å². The third-order valence-corrected chi connectivity index (χ3v) is 5.86. The number of nitrogens with zero attached hydrogens (tertiary/aromatic N) is 4. The number of hydroxylamine groups is 2. The number of nitrogens with one attached hydrogen (secondary N) is 1. The molecule has 4 rings (SSSR count). The van der Waals surface area contributed by atoms with Crippen LogP contribution in [0.1, 0.15) is 49.9 Å². The normalized spacial score (nSPS) is 28.0. The van der Waals surface area contributed by atoms with Gasteiger partial charge in [-0.3, -0.25) is 4.55 Å². The fourth-order valence-electron chi connectivity index (χ4n) is 4.01. The lowest BCUT2D eigenvalue weighted by Crippen LogP contribution is -2.43. The molecular weight excluding hydrogens is 366 g/mol. The number of carbonyl (C=O) groups is 1. The Morgan fingerprint density at radius 3 is 2.81 bits per heavy atom. The first-order valence-corrected chi connectivity index (χ1v) is 9.85. The van der Waals surface area contributed by atoms with Crippen LogP contribution in [0.4, 0.5) is 4.79 Å². The number of piperidine rings is 1. The molecule has 1 spiro atoms. The average Bonchev–Trinajstić information content (AvgIpc) is 3.05. The van der Waals surface area contributed by atoms with Crippen LogP contribution in [0.3, 0.4) is 0 Å². The average molecular weight is 387 g/mol. The first kappa shape index (κ1) is 17.6. The third-order valence-electron chi connectivity index (χ3n) is 5.51. The maximum Gasteiger partial charge on any atom is 0.418 e. The number of rotatable bonds is 6. The molecule has 11 nitrogen and oxygen atoms in total. The Labute approximate surface area is 150 Å². The number of amides is 2. The summed E-state index contributed by atoms with van der Waals surface area (Å²) in [5.74, 6) is 0.856. The van der Waals surface area contributed by atoms with Crippen molar-refractivity contribution in [3.8, 4) is 0 Å². The quantitative estimate of drug-likeness (QED) is 0.666. The molecule has 0 aromatic carbocycles. The second-order valence-corrected chi connectivity index (χ2v) is 8.30. The molecule has 2 N–H and O–H groups in total. The topological polar surface area (TPSA) is 138 Å². The molecule has 1 aromatic rings. The van der Waals surface area contributed by atoms with Gasteiger partial charge in [0.2, 0.25) is 11.8 Å². The molecule has 3 fully saturated rings. The first-order chi connectivity index (χ1) is 12.2. The van der Waals surface area contributed by atoms with Crippen LogP contribution in [-0.2, 0) is 14.7 Å². The summed E-state index contributed by atoms with van der Waals surface area (Å²) in [7, 11) is -2.95. The summed E-state index contributed by atoms with van der Waals surface area (Å²) < 4.78 is 41.6. The number of fused-ring (bicyclic) bond motifs is 3. The van der Waals surface area contributed by atoms with Crippen molar-refractivity contribution in [3.05, 3.63) is 11.8 Å². The summed E-state index contributed by atoms with van der Waals surface area (Å²) in [5, 5.41) is 12.0. The Bertz CT molecular complexity index is 822. The Balaban J connectivity index is 1.61. The van der Waals surface area contributed by atoms with E-state index in [1.165, 1.54) is 4.90 Å². The first-order valence-electron chi connectivity index (χ1n) is 8.49. The second-order valence-electron chi connectivity index (χ2n) is 7.30. The van der Waals surface area contributed by atoms with E-state index in [0.29, 0.717) is 31.3 Å². The summed E-state index contributed by atoms with van der Waals surface area (Å²) in [6.07, 6.45) is 2.28. The van der Waals surface area contributed by atoms with Crippen LogP contribution in [0.5, 0.6) is 0 Å². The molecule has 3 atom stereocenters. The molecule has 2 amide bonds. The SMILES string of the molecule is CNC[C@H](C)c1nnc(C2CC3(CC3)[C@@H]3CN2C(=O)N3OS(=O)(=O)O)o1. The molecule has 2 saturated heterocycles. The van der Waals surface area contributed by atoms with Crippen LogP contribution in [0.2, 0.25) is 0 Å². The van der Waals surface area contributed by atoms with Gasteiger partial charge in [0, 0.05) is 19.0 Å². The van der Waals surface area contributed by atoms with Crippen LogP contribution in [0.25, 0.3) is 0 Å². The van der Waals surface area contributed by atoms with Gasteiger partial charge >= 0.3 is 16.4 Å². The number of likely N-dealkylation sites (N-methyl/N-ethyl adjacent to an activating group) is 1. The second kappa shape index (κ2) is 5.87. The van der Waals surface area contributed by atoms with Gasteiger partial charge in [0.25, 0.3) is 0 Å². The number of hydrogen-bond donors (Lipinski definition) is 2. The molecule has 0 radical (unpaired) electrons. The fraction of sp³-hybridized carbons (Fsp3) is 0.786. The fourth-order valence-corrected chi connectivity index (χ4v) is 4.38. The van der Waals surface area contributed by atoms with Crippen molar-refractivity contribution < 1.29 is 26.5 Å². The number of urea groups is 1. The molecule has 3 aliphatic rings. The van der Waals surface area contributed by atoms with Crippen LogP contribution >= 0.6 is 0 Å². The maximum absolute atomic E-state index is 12.7. The highest BCUT2D eigenvalue weighted by atomic mass is 32.3. The molecule has 1 aromatic heterocycles. The molecule has 1 saturated carbocycles. The van der Waals surface area contributed by atoms with Crippen molar-refractivity contribution in [2.45, 2.75) is 44.2 Å². The Morgan fingerprint density at radius 1 is 1.46 bits per heavy atom. The highest BCUT2D eigenvalue weighted by Crippen LogP contribution is 2.61. The predicted molar refractivity (Wildman–Crippen MR) is 86.0 cm³/mol. The molecular formula is C14H21N5O6S. The van der Waals surface area contributed by atoms with Crippen LogP contribution in [0, 0.1) is 5.41 Å². The van der Waals surface area contributed by atoms with Crippen molar-refractivity contribution in [3.63, 3.8) is 0 Å². The molecule has 1 unspecified atom stereocenters. The van der Waals surface area contributed by atoms with E-state index in [2.05, 4.69) is 19.8 Å². The van der Waals surface area contributed by atoms with Gasteiger partial charge in [0.1, 0.15) is 6.04 Å². The number of hydrogen-bond acceptors (Lipinski definition) is 8. The minimum atomic E-state index is -4.78. The zero-order chi connectivity index (χ0) is 18.7. The van der Waals surface area contributed by atoms with E-state index in [1.807, 2.05) is 14.0 Å². The zero-order valence-corrected chi connectivity index (χ0v) is 15.3. The molecule has 2 bridgehead atoms. The van der Waals surface area contributed by atoms with Crippen molar-refractivity contribution in [1.82, 2.24) is 25.5 Å². The van der Waals surface area contributed by atoms with E-state index in [4.69, 9.17) is 8.97 Å². The standard InChI is InChI=1S/C14H21N5O6S/c1-8(6-15-2)11-16-17-12(24-11)9-5-14(3-4-14)10-7-18(9)13(20)19(10)25-26(21,22)23/h8-10,15H,3-7H2,1-2H3,(H,21,22,23)/t8-,9?,10-/m0/s1. The van der Waals surface area contributed by atoms with Crippen molar-refractivity contribution in [2.75, 3.05) is 20.1 Å². The zero-order valence-electron chi connectivity index (χ0n) is 14.5. The summed E-state index contributed by atoms with van der Waals surface area (Å²) in [5.41, 5.74) is -0.247.